The number of hydrogen-bond acceptors (Lipinski definition) is 5. The van der Waals surface area contributed by atoms with Gasteiger partial charge in [0.25, 0.3) is 0 Å². The van der Waals surface area contributed by atoms with Crippen LogP contribution in [0.5, 0.6) is 0 Å². The van der Waals surface area contributed by atoms with Crippen LogP contribution in [0.1, 0.15) is 60.8 Å². The Labute approximate surface area is 147 Å². The molecule has 3 aliphatic carbocycles. The molecule has 0 saturated heterocycles. The van der Waals surface area contributed by atoms with Crippen LogP contribution in [0.2, 0.25) is 0 Å². The Morgan fingerprint density at radius 1 is 1.16 bits per heavy atom. The summed E-state index contributed by atoms with van der Waals surface area (Å²) in [6, 6.07) is 4.00. The average molecular weight is 368 g/mol. The van der Waals surface area contributed by atoms with Crippen LogP contribution in [0, 0.1) is 5.41 Å². The van der Waals surface area contributed by atoms with Crippen molar-refractivity contribution in [2.75, 3.05) is 0 Å². The van der Waals surface area contributed by atoms with Crippen molar-refractivity contribution in [3.8, 4) is 0 Å². The number of benzene rings is 1. The fourth-order valence-corrected chi connectivity index (χ4v) is 5.83. The van der Waals surface area contributed by atoms with E-state index in [1.54, 1.807) is 0 Å². The zero-order valence-corrected chi connectivity index (χ0v) is 15.1. The first-order chi connectivity index (χ1) is 11.6. The minimum atomic E-state index is -4.71. The second-order valence-corrected chi connectivity index (χ2v) is 9.08. The quantitative estimate of drug-likeness (QED) is 0.544. The zero-order chi connectivity index (χ0) is 18.0. The molecule has 1 aromatic carbocycles. The van der Waals surface area contributed by atoms with Crippen LogP contribution in [0.25, 0.3) is 0 Å². The molecule has 1 unspecified atom stereocenters. The van der Waals surface area contributed by atoms with Gasteiger partial charge in [-0.1, -0.05) is 19.1 Å². The maximum atomic E-state index is 11.0. The number of fused-ring (bicyclic) bond motifs is 5. The normalized spacial score (nSPS) is 37.3. The molecule has 0 amide bonds. The molecule has 3 aliphatic rings. The van der Waals surface area contributed by atoms with Crippen molar-refractivity contribution in [3.63, 3.8) is 0 Å². The summed E-state index contributed by atoms with van der Waals surface area (Å²) in [5, 5.41) is 20.8. The molecule has 0 spiro atoms. The van der Waals surface area contributed by atoms with Crippen LogP contribution < -0.4 is 0 Å². The van der Waals surface area contributed by atoms with Crippen LogP contribution in [0.15, 0.2) is 12.1 Å². The Morgan fingerprint density at radius 3 is 2.60 bits per heavy atom. The van der Waals surface area contributed by atoms with E-state index in [0.717, 1.165) is 31.2 Å². The lowest BCUT2D eigenvalue weighted by Gasteiger charge is -2.42. The number of rotatable bonds is 2. The summed E-state index contributed by atoms with van der Waals surface area (Å²) in [4.78, 5) is 0. The summed E-state index contributed by atoms with van der Waals surface area (Å²) in [5.41, 5.74) is 4.57. The van der Waals surface area contributed by atoms with Crippen LogP contribution in [0.4, 0.5) is 0 Å². The highest BCUT2D eigenvalue weighted by Crippen LogP contribution is 2.56. The molecule has 0 heterocycles. The Balaban J connectivity index is 1.69. The number of hydrogen-bond donors (Lipinski definition) is 3. The molecule has 138 valence electrons. The van der Waals surface area contributed by atoms with Gasteiger partial charge in [-0.25, -0.2) is 4.18 Å². The van der Waals surface area contributed by atoms with Crippen LogP contribution >= 0.6 is 0 Å². The molecular weight excluding hydrogens is 344 g/mol. The van der Waals surface area contributed by atoms with Crippen molar-refractivity contribution in [1.82, 2.24) is 0 Å². The van der Waals surface area contributed by atoms with E-state index < -0.39 is 16.2 Å². The van der Waals surface area contributed by atoms with Gasteiger partial charge in [0, 0.05) is 18.3 Å². The summed E-state index contributed by atoms with van der Waals surface area (Å²) >= 11 is 0. The first-order valence-corrected chi connectivity index (χ1v) is 10.2. The van der Waals surface area contributed by atoms with E-state index in [1.165, 1.54) is 16.7 Å². The lowest BCUT2D eigenvalue weighted by molar-refractivity contribution is -0.145. The smallest absolute Gasteiger partial charge is 0.393 e. The number of aliphatic hydroxyl groups excluding tert-OH is 1. The van der Waals surface area contributed by atoms with Crippen LogP contribution in [-0.2, 0) is 33.8 Å². The van der Waals surface area contributed by atoms with Gasteiger partial charge in [0.05, 0.1) is 6.10 Å². The molecule has 0 aromatic heterocycles. The lowest BCUT2D eigenvalue weighted by Crippen LogP contribution is -2.41. The largest absolute Gasteiger partial charge is 0.400 e. The van der Waals surface area contributed by atoms with Gasteiger partial charge in [0.2, 0.25) is 0 Å². The standard InChI is InChI=1S/C18H24O6S/c1-17-8-6-13-12-7-9-18(20,24-25(21,22)23)10-11(12)2-3-14(13)15(17)4-5-16(17)19/h2-3,15-16,19-20H,4-10H2,1H3,(H,21,22,23)/t15?,16-,17-,18-/m0/s1. The summed E-state index contributed by atoms with van der Waals surface area (Å²) in [6.45, 7) is 2.18. The Hall–Kier alpha value is -0.990. The monoisotopic (exact) mass is 368 g/mol. The fourth-order valence-electron chi connectivity index (χ4n) is 5.29. The predicted octanol–water partition coefficient (Wildman–Crippen LogP) is 1.87. The minimum absolute atomic E-state index is 0.0416. The average Bonchev–Trinajstić information content (AvgIpc) is 2.80. The van der Waals surface area contributed by atoms with Gasteiger partial charge in [-0.05, 0) is 60.3 Å². The summed E-state index contributed by atoms with van der Waals surface area (Å²) in [6.07, 6.45) is 4.07. The third-order valence-electron chi connectivity index (χ3n) is 6.63. The number of aliphatic hydroxyl groups is 2. The third-order valence-corrected chi connectivity index (χ3v) is 7.15. The molecule has 1 aromatic rings. The molecule has 25 heavy (non-hydrogen) atoms. The SMILES string of the molecule is C[C@]12CCc3c(ccc4c3CC[C@](O)(OS(=O)(=O)O)C4)C1CC[C@@H]2O. The molecule has 0 radical (unpaired) electrons. The zero-order valence-electron chi connectivity index (χ0n) is 14.2. The lowest BCUT2D eigenvalue weighted by atomic mass is 9.64. The van der Waals surface area contributed by atoms with Crippen molar-refractivity contribution >= 4 is 10.4 Å². The van der Waals surface area contributed by atoms with Gasteiger partial charge in [0.15, 0.2) is 5.79 Å². The second kappa shape index (κ2) is 5.50. The van der Waals surface area contributed by atoms with Gasteiger partial charge in [-0.3, -0.25) is 4.55 Å². The minimum Gasteiger partial charge on any atom is -0.393 e. The highest BCUT2D eigenvalue weighted by molar-refractivity contribution is 7.80. The topological polar surface area (TPSA) is 104 Å². The van der Waals surface area contributed by atoms with E-state index in [0.29, 0.717) is 12.3 Å². The molecule has 0 bridgehead atoms. The summed E-state index contributed by atoms with van der Waals surface area (Å²) < 4.78 is 35.4. The first-order valence-electron chi connectivity index (χ1n) is 8.83. The van der Waals surface area contributed by atoms with Crippen molar-refractivity contribution in [3.05, 3.63) is 34.4 Å². The maximum absolute atomic E-state index is 11.0. The van der Waals surface area contributed by atoms with Gasteiger partial charge in [-0.15, -0.1) is 0 Å². The summed E-state index contributed by atoms with van der Waals surface area (Å²) in [5.74, 6) is -1.53. The van der Waals surface area contributed by atoms with Crippen molar-refractivity contribution in [2.45, 2.75) is 69.7 Å². The maximum Gasteiger partial charge on any atom is 0.400 e. The van der Waals surface area contributed by atoms with Gasteiger partial charge in [0.1, 0.15) is 0 Å². The van der Waals surface area contributed by atoms with Gasteiger partial charge in [-0.2, -0.15) is 8.42 Å². The highest BCUT2D eigenvalue weighted by Gasteiger charge is 2.50. The van der Waals surface area contributed by atoms with Crippen molar-refractivity contribution in [1.29, 1.82) is 0 Å². The molecule has 6 nitrogen and oxygen atoms in total. The highest BCUT2D eigenvalue weighted by atomic mass is 32.3. The molecule has 3 N–H and O–H groups in total. The predicted molar refractivity (Wildman–Crippen MR) is 90.5 cm³/mol. The molecule has 4 atom stereocenters. The molecular formula is C18H24O6S. The Kier molecular flexibility index (Phi) is 3.84. The Morgan fingerprint density at radius 2 is 1.88 bits per heavy atom. The van der Waals surface area contributed by atoms with E-state index in [-0.39, 0.29) is 24.4 Å². The van der Waals surface area contributed by atoms with Crippen molar-refractivity contribution < 1.29 is 27.4 Å². The van der Waals surface area contributed by atoms with Crippen LogP contribution in [0.3, 0.4) is 0 Å². The van der Waals surface area contributed by atoms with E-state index in [9.17, 15) is 18.6 Å². The van der Waals surface area contributed by atoms with E-state index in [1.807, 2.05) is 6.07 Å². The molecule has 7 heteroatoms. The first kappa shape index (κ1) is 17.4. The van der Waals surface area contributed by atoms with Gasteiger partial charge >= 0.3 is 10.4 Å². The fraction of sp³-hybridized carbons (Fsp3) is 0.667. The molecule has 1 saturated carbocycles. The Bertz CT molecular complexity index is 819. The van der Waals surface area contributed by atoms with Gasteiger partial charge < -0.3 is 10.2 Å². The van der Waals surface area contributed by atoms with E-state index >= 15 is 0 Å². The van der Waals surface area contributed by atoms with E-state index in [4.69, 9.17) is 4.55 Å². The molecule has 4 rings (SSSR count). The molecule has 1 fully saturated rings. The summed E-state index contributed by atoms with van der Waals surface area (Å²) in [7, 11) is -4.71. The molecule has 0 aliphatic heterocycles. The third kappa shape index (κ3) is 2.82. The van der Waals surface area contributed by atoms with Crippen molar-refractivity contribution in [2.24, 2.45) is 5.41 Å². The van der Waals surface area contributed by atoms with E-state index in [2.05, 4.69) is 17.2 Å². The van der Waals surface area contributed by atoms with Crippen LogP contribution in [-0.4, -0.2) is 35.1 Å². The second-order valence-electron chi connectivity index (χ2n) is 8.06.